The minimum absolute atomic E-state index is 0.949. The average molecular weight is 386 g/mol. The predicted octanol–water partition coefficient (Wildman–Crippen LogP) is -1.51. The molecule has 0 saturated carbocycles. The molecule has 2 aromatic heterocycles. The van der Waals surface area contributed by atoms with Gasteiger partial charge in [-0.3, -0.25) is 0 Å². The lowest BCUT2D eigenvalue weighted by Gasteiger charge is -2.17. The summed E-state index contributed by atoms with van der Waals surface area (Å²) in [5.74, 6) is 0. The van der Waals surface area contributed by atoms with Gasteiger partial charge in [0.1, 0.15) is 6.20 Å². The van der Waals surface area contributed by atoms with E-state index in [0.717, 1.165) is 21.4 Å². The molecule has 2 heterocycles. The molecular formula is C14H10BrClN2O4. The Morgan fingerprint density at radius 3 is 2.32 bits per heavy atom. The highest BCUT2D eigenvalue weighted by atomic mass is 79.9. The second-order valence-corrected chi connectivity index (χ2v) is 5.84. The molecule has 0 atom stereocenters. The topological polar surface area (TPSA) is 109 Å². The summed E-state index contributed by atoms with van der Waals surface area (Å²) in [5, 5.41) is 0. The van der Waals surface area contributed by atoms with E-state index in [1.165, 1.54) is 0 Å². The van der Waals surface area contributed by atoms with Crippen LogP contribution in [0, 0.1) is 10.2 Å². The normalized spacial score (nSPS) is 11.0. The lowest BCUT2D eigenvalue weighted by atomic mass is 10.1. The molecule has 0 spiro atoms. The Morgan fingerprint density at radius 1 is 0.909 bits per heavy atom. The molecule has 0 amide bonds. The molecule has 0 N–H and O–H groups in total. The van der Waals surface area contributed by atoms with Crippen LogP contribution < -0.4 is 23.0 Å². The van der Waals surface area contributed by atoms with Gasteiger partial charge in [-0.2, -0.15) is 0 Å². The molecule has 8 heteroatoms. The average Bonchev–Trinajstić information content (AvgIpc) is 2.45. The van der Waals surface area contributed by atoms with Crippen LogP contribution in [0.15, 0.2) is 65.4 Å². The van der Waals surface area contributed by atoms with Crippen LogP contribution in [0.1, 0.15) is 0 Å². The zero-order chi connectivity index (χ0) is 16.2. The third-order valence-corrected chi connectivity index (χ3v) is 3.11. The molecule has 22 heavy (non-hydrogen) atoms. The standard InChI is InChI=1S/C14H10BrN2.ClHO4/c15-12-5-3-4-11(10-12)13-7-9-17-8-2-1-6-14(17)16-13;2-1(3,4)5/h1-10H;(H,2,3,4,5)/q+1;/p-1. The molecule has 3 rings (SSSR count). The van der Waals surface area contributed by atoms with E-state index in [1.54, 1.807) is 0 Å². The van der Waals surface area contributed by atoms with Gasteiger partial charge >= 0.3 is 5.65 Å². The van der Waals surface area contributed by atoms with Gasteiger partial charge in [0.05, 0.1) is 6.20 Å². The summed E-state index contributed by atoms with van der Waals surface area (Å²) in [7, 11) is -4.94. The molecule has 3 aromatic rings. The van der Waals surface area contributed by atoms with E-state index in [2.05, 4.69) is 33.0 Å². The van der Waals surface area contributed by atoms with Gasteiger partial charge in [-0.1, -0.05) is 34.1 Å². The van der Waals surface area contributed by atoms with Crippen molar-refractivity contribution < 1.29 is 33.3 Å². The molecule has 0 aliphatic heterocycles. The highest BCUT2D eigenvalue weighted by Crippen LogP contribution is 2.20. The van der Waals surface area contributed by atoms with Crippen molar-refractivity contribution in [3.63, 3.8) is 0 Å². The maximum absolute atomic E-state index is 8.49. The number of halogens is 2. The summed E-state index contributed by atoms with van der Waals surface area (Å²) in [6.45, 7) is 0. The van der Waals surface area contributed by atoms with Crippen molar-refractivity contribution in [3.8, 4) is 11.3 Å². The van der Waals surface area contributed by atoms with Crippen LogP contribution >= 0.6 is 15.9 Å². The summed E-state index contributed by atoms with van der Waals surface area (Å²) in [4.78, 5) is 4.63. The number of fused-ring (bicyclic) bond motifs is 1. The number of rotatable bonds is 1. The Kier molecular flexibility index (Phi) is 5.41. The summed E-state index contributed by atoms with van der Waals surface area (Å²) in [6, 6.07) is 16.2. The van der Waals surface area contributed by atoms with Crippen LogP contribution in [0.4, 0.5) is 0 Å². The van der Waals surface area contributed by atoms with Gasteiger partial charge in [0.2, 0.25) is 0 Å². The molecule has 0 aliphatic carbocycles. The summed E-state index contributed by atoms with van der Waals surface area (Å²) in [6.07, 6.45) is 4.02. The molecule has 114 valence electrons. The Balaban J connectivity index is 0.000000309. The van der Waals surface area contributed by atoms with E-state index in [4.69, 9.17) is 18.6 Å². The van der Waals surface area contributed by atoms with E-state index in [0.29, 0.717) is 0 Å². The fourth-order valence-electron chi connectivity index (χ4n) is 1.79. The molecule has 0 fully saturated rings. The summed E-state index contributed by atoms with van der Waals surface area (Å²) in [5.41, 5.74) is 3.05. The smallest absolute Gasteiger partial charge is 0.222 e. The third kappa shape index (κ3) is 5.30. The second kappa shape index (κ2) is 7.10. The van der Waals surface area contributed by atoms with Crippen LogP contribution in [0.25, 0.3) is 16.9 Å². The predicted molar refractivity (Wildman–Crippen MR) is 70.5 cm³/mol. The van der Waals surface area contributed by atoms with E-state index in [9.17, 15) is 0 Å². The molecule has 6 nitrogen and oxygen atoms in total. The van der Waals surface area contributed by atoms with Crippen LogP contribution in [0.3, 0.4) is 0 Å². The SMILES string of the molecule is Brc1cccc(-c2cc[n+]3ccccc3n2)c1.[O-][Cl+3]([O-])([O-])[O-]. The highest BCUT2D eigenvalue weighted by molar-refractivity contribution is 9.10. The monoisotopic (exact) mass is 384 g/mol. The van der Waals surface area contributed by atoms with E-state index in [-0.39, 0.29) is 0 Å². The molecule has 0 unspecified atom stereocenters. The van der Waals surface area contributed by atoms with Crippen LogP contribution in [0.5, 0.6) is 0 Å². The number of nitrogens with zero attached hydrogens (tertiary/aromatic N) is 2. The van der Waals surface area contributed by atoms with Gasteiger partial charge in [-0.25, -0.2) is 23.0 Å². The number of hydrogen-bond donors (Lipinski definition) is 0. The zero-order valence-electron chi connectivity index (χ0n) is 11.1. The van der Waals surface area contributed by atoms with Crippen LogP contribution in [-0.4, -0.2) is 4.98 Å². The Morgan fingerprint density at radius 2 is 1.64 bits per heavy atom. The first-order valence-corrected chi connectivity index (χ1v) is 8.00. The van der Waals surface area contributed by atoms with E-state index in [1.807, 2.05) is 53.2 Å². The summed E-state index contributed by atoms with van der Waals surface area (Å²) < 4.78 is 37.0. The lowest BCUT2D eigenvalue weighted by Crippen LogP contribution is -2.68. The maximum atomic E-state index is 8.49. The lowest BCUT2D eigenvalue weighted by molar-refractivity contribution is -2.00. The Labute approximate surface area is 136 Å². The molecule has 1 aromatic carbocycles. The van der Waals surface area contributed by atoms with Gasteiger partial charge in [0.25, 0.3) is 0 Å². The van der Waals surface area contributed by atoms with Gasteiger partial charge < -0.3 is 0 Å². The van der Waals surface area contributed by atoms with Crippen molar-refractivity contribution >= 4 is 21.6 Å². The number of benzene rings is 1. The van der Waals surface area contributed by atoms with Gasteiger partial charge in [0.15, 0.2) is 5.69 Å². The van der Waals surface area contributed by atoms with Crippen LogP contribution in [0.2, 0.25) is 0 Å². The van der Waals surface area contributed by atoms with Gasteiger partial charge in [0, 0.05) is 22.2 Å². The third-order valence-electron chi connectivity index (χ3n) is 2.62. The summed E-state index contributed by atoms with van der Waals surface area (Å²) >= 11 is 3.48. The zero-order valence-corrected chi connectivity index (χ0v) is 13.4. The van der Waals surface area contributed by atoms with Crippen molar-refractivity contribution in [2.75, 3.05) is 0 Å². The minimum Gasteiger partial charge on any atom is -0.222 e. The fourth-order valence-corrected chi connectivity index (χ4v) is 2.19. The van der Waals surface area contributed by atoms with Crippen LogP contribution in [-0.2, 0) is 0 Å². The Hall–Kier alpha value is -1.61. The number of aromatic nitrogens is 2. The van der Waals surface area contributed by atoms with E-state index >= 15 is 0 Å². The first-order valence-electron chi connectivity index (χ1n) is 5.98. The molecule has 0 bridgehead atoms. The second-order valence-electron chi connectivity index (χ2n) is 4.17. The minimum atomic E-state index is -4.94. The first-order chi connectivity index (χ1) is 10.3. The van der Waals surface area contributed by atoms with Gasteiger partial charge in [-0.05, 0) is 23.2 Å². The van der Waals surface area contributed by atoms with Gasteiger partial charge in [-0.15, -0.1) is 10.2 Å². The van der Waals surface area contributed by atoms with Crippen molar-refractivity contribution in [1.82, 2.24) is 4.98 Å². The Bertz CT molecular complexity index is 774. The van der Waals surface area contributed by atoms with E-state index < -0.39 is 10.2 Å². The number of pyridine rings is 1. The molecule has 0 radical (unpaired) electrons. The van der Waals surface area contributed by atoms with Crippen molar-refractivity contribution in [1.29, 1.82) is 0 Å². The molecular weight excluding hydrogens is 376 g/mol. The van der Waals surface area contributed by atoms with Crippen molar-refractivity contribution in [2.24, 2.45) is 0 Å². The first kappa shape index (κ1) is 16.8. The highest BCUT2D eigenvalue weighted by Gasteiger charge is 2.08. The number of hydrogen-bond acceptors (Lipinski definition) is 5. The molecule has 0 saturated heterocycles. The quantitative estimate of drug-likeness (QED) is 0.473. The van der Waals surface area contributed by atoms with Crippen molar-refractivity contribution in [3.05, 3.63) is 65.4 Å². The molecule has 0 aliphatic rings. The fraction of sp³-hybridized carbons (Fsp3) is 0. The maximum Gasteiger partial charge on any atom is 0.328 e. The largest absolute Gasteiger partial charge is 0.328 e. The van der Waals surface area contributed by atoms with Crippen molar-refractivity contribution in [2.45, 2.75) is 0 Å².